The Hall–Kier alpha value is -2.76. The lowest BCUT2D eigenvalue weighted by Crippen LogP contribution is -2.24. The number of pyridine rings is 1. The van der Waals surface area contributed by atoms with Crippen LogP contribution in [0.25, 0.3) is 0 Å². The lowest BCUT2D eigenvalue weighted by atomic mass is 10.0. The van der Waals surface area contributed by atoms with E-state index >= 15 is 0 Å². The molecule has 0 spiro atoms. The molecular formula is C17H18N2O4. The number of aromatic nitrogens is 1. The summed E-state index contributed by atoms with van der Waals surface area (Å²) in [7, 11) is 0. The van der Waals surface area contributed by atoms with Crippen molar-refractivity contribution in [2.75, 3.05) is 0 Å². The number of nitro groups is 1. The fourth-order valence-corrected chi connectivity index (χ4v) is 2.14. The van der Waals surface area contributed by atoms with Crippen molar-refractivity contribution in [1.29, 1.82) is 0 Å². The highest BCUT2D eigenvalue weighted by molar-refractivity contribution is 5.99. The number of ether oxygens (including phenoxy) is 1. The molecule has 2 aromatic rings. The smallest absolute Gasteiger partial charge is 0.406 e. The highest BCUT2D eigenvalue weighted by atomic mass is 16.6. The van der Waals surface area contributed by atoms with Gasteiger partial charge in [-0.1, -0.05) is 31.2 Å². The van der Waals surface area contributed by atoms with Gasteiger partial charge in [0.2, 0.25) is 11.5 Å². The molecule has 0 aliphatic heterocycles. The van der Waals surface area contributed by atoms with E-state index in [0.717, 1.165) is 12.0 Å². The monoisotopic (exact) mass is 314 g/mol. The summed E-state index contributed by atoms with van der Waals surface area (Å²) in [6.07, 6.45) is 0.0487. The highest BCUT2D eigenvalue weighted by Gasteiger charge is 2.23. The van der Waals surface area contributed by atoms with Crippen LogP contribution >= 0.6 is 0 Å². The molecule has 6 nitrogen and oxygen atoms in total. The molecule has 0 bridgehead atoms. The molecule has 0 aliphatic carbocycles. The Morgan fingerprint density at radius 1 is 1.26 bits per heavy atom. The molecule has 1 heterocycles. The molecule has 0 N–H and O–H groups in total. The lowest BCUT2D eigenvalue weighted by molar-refractivity contribution is -0.390. The van der Waals surface area contributed by atoms with Crippen molar-refractivity contribution in [3.8, 4) is 5.75 Å². The van der Waals surface area contributed by atoms with E-state index in [1.165, 1.54) is 6.07 Å². The van der Waals surface area contributed by atoms with Crippen LogP contribution in [0.2, 0.25) is 0 Å². The number of aryl methyl sites for hydroxylation is 2. The van der Waals surface area contributed by atoms with Crippen molar-refractivity contribution in [1.82, 2.24) is 4.98 Å². The van der Waals surface area contributed by atoms with E-state index in [1.807, 2.05) is 19.1 Å². The van der Waals surface area contributed by atoms with Crippen molar-refractivity contribution in [3.63, 3.8) is 0 Å². The largest absolute Gasteiger partial charge is 0.474 e. The number of rotatable bonds is 6. The van der Waals surface area contributed by atoms with E-state index in [1.54, 1.807) is 32.0 Å². The van der Waals surface area contributed by atoms with Gasteiger partial charge in [-0.25, -0.2) is 0 Å². The summed E-state index contributed by atoms with van der Waals surface area (Å²) in [6, 6.07) is 10.3. The van der Waals surface area contributed by atoms with Crippen LogP contribution in [-0.2, 0) is 6.42 Å². The normalized spacial score (nSPS) is 11.8. The minimum absolute atomic E-state index is 0.00775. The molecule has 0 radical (unpaired) electrons. The summed E-state index contributed by atoms with van der Waals surface area (Å²) >= 11 is 0. The Kier molecular flexibility index (Phi) is 5.05. The van der Waals surface area contributed by atoms with E-state index < -0.39 is 11.0 Å². The van der Waals surface area contributed by atoms with E-state index in [-0.39, 0.29) is 17.4 Å². The minimum Gasteiger partial charge on any atom is -0.474 e. The summed E-state index contributed by atoms with van der Waals surface area (Å²) < 4.78 is 5.48. The first-order valence-corrected chi connectivity index (χ1v) is 7.34. The number of Topliss-reactive ketones (excluding diaryl/α,β-unsaturated/α-hetero) is 1. The van der Waals surface area contributed by atoms with E-state index in [2.05, 4.69) is 4.98 Å². The average molecular weight is 314 g/mol. The number of benzene rings is 1. The third kappa shape index (κ3) is 3.91. The molecule has 1 atom stereocenters. The van der Waals surface area contributed by atoms with Crippen molar-refractivity contribution in [3.05, 3.63) is 63.3 Å². The first kappa shape index (κ1) is 16.6. The van der Waals surface area contributed by atoms with Crippen LogP contribution < -0.4 is 4.74 Å². The van der Waals surface area contributed by atoms with Gasteiger partial charge in [0.05, 0.1) is 0 Å². The lowest BCUT2D eigenvalue weighted by Gasteiger charge is -2.13. The van der Waals surface area contributed by atoms with Crippen molar-refractivity contribution < 1.29 is 14.5 Å². The quantitative estimate of drug-likeness (QED) is 0.463. The predicted molar refractivity (Wildman–Crippen MR) is 85.9 cm³/mol. The molecule has 120 valence electrons. The van der Waals surface area contributed by atoms with Crippen molar-refractivity contribution in [2.24, 2.45) is 0 Å². The molecule has 0 fully saturated rings. The van der Waals surface area contributed by atoms with Gasteiger partial charge in [-0.15, -0.1) is 0 Å². The molecule has 2 rings (SSSR count). The third-order valence-corrected chi connectivity index (χ3v) is 3.47. The van der Waals surface area contributed by atoms with Gasteiger partial charge in [0.1, 0.15) is 5.69 Å². The molecule has 6 heteroatoms. The predicted octanol–water partition coefficient (Wildman–Crippen LogP) is 3.51. The van der Waals surface area contributed by atoms with Crippen LogP contribution in [0.5, 0.6) is 5.75 Å². The summed E-state index contributed by atoms with van der Waals surface area (Å²) in [5.41, 5.74) is 2.16. The summed E-state index contributed by atoms with van der Waals surface area (Å²) in [5.74, 6) is -0.625. The number of carbonyl (C=O) groups excluding carboxylic acids is 1. The molecule has 0 amide bonds. The van der Waals surface area contributed by atoms with Crippen LogP contribution in [0.1, 0.15) is 35.5 Å². The first-order valence-electron chi connectivity index (χ1n) is 7.34. The van der Waals surface area contributed by atoms with Crippen LogP contribution in [0.3, 0.4) is 0 Å². The topological polar surface area (TPSA) is 82.3 Å². The molecule has 23 heavy (non-hydrogen) atoms. The summed E-state index contributed by atoms with van der Waals surface area (Å²) in [4.78, 5) is 26.7. The third-order valence-electron chi connectivity index (χ3n) is 3.47. The first-order chi connectivity index (χ1) is 10.9. The molecule has 0 saturated heterocycles. The number of carbonyl (C=O) groups is 1. The fraction of sp³-hybridized carbons (Fsp3) is 0.294. The second kappa shape index (κ2) is 7.00. The van der Waals surface area contributed by atoms with Crippen molar-refractivity contribution in [2.45, 2.75) is 33.3 Å². The van der Waals surface area contributed by atoms with Gasteiger partial charge in [0.25, 0.3) is 0 Å². The minimum atomic E-state index is -0.842. The molecule has 0 aliphatic rings. The maximum Gasteiger partial charge on any atom is 0.406 e. The fourth-order valence-electron chi connectivity index (χ4n) is 2.14. The number of hydrogen-bond donors (Lipinski definition) is 0. The van der Waals surface area contributed by atoms with Crippen LogP contribution in [0.4, 0.5) is 5.82 Å². The second-order valence-corrected chi connectivity index (χ2v) is 5.21. The number of hydrogen-bond acceptors (Lipinski definition) is 5. The van der Waals surface area contributed by atoms with Gasteiger partial charge >= 0.3 is 5.82 Å². The van der Waals surface area contributed by atoms with E-state index in [0.29, 0.717) is 11.3 Å². The average Bonchev–Trinajstić information content (AvgIpc) is 2.55. The van der Waals surface area contributed by atoms with Gasteiger partial charge in [-0.2, -0.15) is 0 Å². The van der Waals surface area contributed by atoms with Crippen LogP contribution in [0.15, 0.2) is 36.4 Å². The molecular weight excluding hydrogens is 296 g/mol. The van der Waals surface area contributed by atoms with Gasteiger partial charge in [-0.05, 0) is 40.9 Å². The Balaban J connectivity index is 2.19. The molecule has 1 aromatic heterocycles. The zero-order valence-corrected chi connectivity index (χ0v) is 13.3. The molecule has 0 saturated carbocycles. The van der Waals surface area contributed by atoms with Gasteiger partial charge in [-0.3, -0.25) is 4.79 Å². The van der Waals surface area contributed by atoms with Gasteiger partial charge in [0, 0.05) is 12.5 Å². The molecule has 1 unspecified atom stereocenters. The SMILES string of the molecule is CCc1ccc(C(=O)C(C)Oc2ccc(C)nc2[N+](=O)[O-])cc1. The van der Waals surface area contributed by atoms with Crippen LogP contribution in [0, 0.1) is 17.0 Å². The van der Waals surface area contributed by atoms with E-state index in [4.69, 9.17) is 4.74 Å². The maximum atomic E-state index is 12.4. The zero-order valence-electron chi connectivity index (χ0n) is 13.3. The standard InChI is InChI=1S/C17H18N2O4/c1-4-13-6-8-14(9-7-13)16(20)12(3)23-15-10-5-11(2)18-17(15)19(21)22/h5-10,12H,4H2,1-3H3. The van der Waals surface area contributed by atoms with Crippen molar-refractivity contribution >= 4 is 11.6 Å². The summed E-state index contributed by atoms with van der Waals surface area (Å²) in [6.45, 7) is 5.26. The Morgan fingerprint density at radius 3 is 2.48 bits per heavy atom. The second-order valence-electron chi connectivity index (χ2n) is 5.21. The maximum absolute atomic E-state index is 12.4. The van der Waals surface area contributed by atoms with Gasteiger partial charge in [0.15, 0.2) is 6.10 Å². The Labute approximate surface area is 134 Å². The zero-order chi connectivity index (χ0) is 17.0. The summed E-state index contributed by atoms with van der Waals surface area (Å²) in [5, 5.41) is 11.0. The number of nitrogens with zero attached hydrogens (tertiary/aromatic N) is 2. The van der Waals surface area contributed by atoms with E-state index in [9.17, 15) is 14.9 Å². The van der Waals surface area contributed by atoms with Crippen LogP contribution in [-0.4, -0.2) is 21.8 Å². The van der Waals surface area contributed by atoms with Gasteiger partial charge < -0.3 is 14.9 Å². The Bertz CT molecular complexity index is 726. The number of ketones is 1. The highest BCUT2D eigenvalue weighted by Crippen LogP contribution is 2.26. The Morgan fingerprint density at radius 2 is 1.91 bits per heavy atom. The molecule has 1 aromatic carbocycles.